The Kier molecular flexibility index (Phi) is 3.47. The van der Waals surface area contributed by atoms with Gasteiger partial charge in [-0.3, -0.25) is 9.59 Å². The predicted octanol–water partition coefficient (Wildman–Crippen LogP) is 2.48. The minimum Gasteiger partial charge on any atom is -0.481 e. The Labute approximate surface area is 124 Å². The SMILES string of the molecule is CC1(NC(=O)C2Cc3ccccc32)CCCCC1C(=O)O. The van der Waals surface area contributed by atoms with E-state index < -0.39 is 17.4 Å². The summed E-state index contributed by atoms with van der Waals surface area (Å²) in [5, 5.41) is 12.5. The van der Waals surface area contributed by atoms with Crippen LogP contribution in [0.3, 0.4) is 0 Å². The number of benzene rings is 1. The van der Waals surface area contributed by atoms with Crippen molar-refractivity contribution < 1.29 is 14.7 Å². The van der Waals surface area contributed by atoms with Crippen LogP contribution in [0, 0.1) is 5.92 Å². The molecule has 1 saturated carbocycles. The number of hydrogen-bond acceptors (Lipinski definition) is 2. The fourth-order valence-corrected chi connectivity index (χ4v) is 3.74. The number of hydrogen-bond donors (Lipinski definition) is 2. The van der Waals surface area contributed by atoms with E-state index in [0.717, 1.165) is 31.2 Å². The Morgan fingerprint density at radius 3 is 2.76 bits per heavy atom. The fourth-order valence-electron chi connectivity index (χ4n) is 3.74. The Morgan fingerprint density at radius 2 is 2.05 bits per heavy atom. The highest BCUT2D eigenvalue weighted by molar-refractivity contribution is 5.88. The molecule has 4 heteroatoms. The largest absolute Gasteiger partial charge is 0.481 e. The summed E-state index contributed by atoms with van der Waals surface area (Å²) in [6, 6.07) is 7.96. The van der Waals surface area contributed by atoms with E-state index >= 15 is 0 Å². The molecule has 0 spiro atoms. The molecule has 2 N–H and O–H groups in total. The number of amides is 1. The minimum atomic E-state index is -0.800. The fraction of sp³-hybridized carbons (Fsp3) is 0.529. The molecule has 0 heterocycles. The maximum absolute atomic E-state index is 12.5. The summed E-state index contributed by atoms with van der Waals surface area (Å²) in [5.41, 5.74) is 1.69. The molecule has 1 aromatic carbocycles. The van der Waals surface area contributed by atoms with Gasteiger partial charge in [-0.1, -0.05) is 37.1 Å². The van der Waals surface area contributed by atoms with Gasteiger partial charge in [0.15, 0.2) is 0 Å². The Bertz CT molecular complexity index is 583. The van der Waals surface area contributed by atoms with E-state index in [9.17, 15) is 14.7 Å². The number of carboxylic acids is 1. The molecule has 21 heavy (non-hydrogen) atoms. The number of aliphatic carboxylic acids is 1. The Balaban J connectivity index is 1.74. The minimum absolute atomic E-state index is 0.0238. The van der Waals surface area contributed by atoms with E-state index in [0.29, 0.717) is 6.42 Å². The summed E-state index contributed by atoms with van der Waals surface area (Å²) in [6.07, 6.45) is 4.05. The molecule has 0 aliphatic heterocycles. The number of carboxylic acid groups (broad SMARTS) is 1. The first kappa shape index (κ1) is 14.1. The highest BCUT2D eigenvalue weighted by Gasteiger charge is 2.44. The predicted molar refractivity (Wildman–Crippen MR) is 79.0 cm³/mol. The number of carbonyl (C=O) groups is 2. The van der Waals surface area contributed by atoms with Gasteiger partial charge in [0.1, 0.15) is 0 Å². The summed E-state index contributed by atoms with van der Waals surface area (Å²) in [4.78, 5) is 24.0. The Hall–Kier alpha value is -1.84. The summed E-state index contributed by atoms with van der Waals surface area (Å²) < 4.78 is 0. The van der Waals surface area contributed by atoms with Crippen LogP contribution < -0.4 is 5.32 Å². The quantitative estimate of drug-likeness (QED) is 0.897. The molecule has 3 rings (SSSR count). The molecule has 0 radical (unpaired) electrons. The first-order valence-corrected chi connectivity index (χ1v) is 7.64. The van der Waals surface area contributed by atoms with E-state index in [1.807, 2.05) is 31.2 Å². The van der Waals surface area contributed by atoms with Crippen molar-refractivity contribution in [3.05, 3.63) is 35.4 Å². The lowest BCUT2D eigenvalue weighted by Crippen LogP contribution is -2.57. The topological polar surface area (TPSA) is 66.4 Å². The van der Waals surface area contributed by atoms with Crippen molar-refractivity contribution in [1.82, 2.24) is 5.32 Å². The van der Waals surface area contributed by atoms with E-state index in [1.54, 1.807) is 0 Å². The standard InChI is InChI=1S/C17H21NO3/c1-17(9-5-4-8-14(17)16(20)21)18-15(19)13-10-11-6-2-3-7-12(11)13/h2-3,6-7,13-14H,4-5,8-10H2,1H3,(H,18,19)(H,20,21). The van der Waals surface area contributed by atoms with Crippen molar-refractivity contribution >= 4 is 11.9 Å². The maximum Gasteiger partial charge on any atom is 0.308 e. The zero-order valence-corrected chi connectivity index (χ0v) is 12.3. The second-order valence-electron chi connectivity index (χ2n) is 6.50. The van der Waals surface area contributed by atoms with Crippen LogP contribution >= 0.6 is 0 Å². The monoisotopic (exact) mass is 287 g/mol. The van der Waals surface area contributed by atoms with Gasteiger partial charge < -0.3 is 10.4 Å². The van der Waals surface area contributed by atoms with Crippen LogP contribution in [0.2, 0.25) is 0 Å². The van der Waals surface area contributed by atoms with Crippen LogP contribution in [-0.2, 0) is 16.0 Å². The third-order valence-electron chi connectivity index (χ3n) is 5.09. The van der Waals surface area contributed by atoms with E-state index in [2.05, 4.69) is 5.32 Å². The van der Waals surface area contributed by atoms with Crippen LogP contribution in [0.25, 0.3) is 0 Å². The van der Waals surface area contributed by atoms with Crippen molar-refractivity contribution in [3.63, 3.8) is 0 Å². The maximum atomic E-state index is 12.5. The number of fused-ring (bicyclic) bond motifs is 1. The third kappa shape index (κ3) is 2.43. The third-order valence-corrected chi connectivity index (χ3v) is 5.09. The smallest absolute Gasteiger partial charge is 0.308 e. The van der Waals surface area contributed by atoms with E-state index in [-0.39, 0.29) is 11.8 Å². The second kappa shape index (κ2) is 5.17. The highest BCUT2D eigenvalue weighted by atomic mass is 16.4. The molecule has 1 aromatic rings. The zero-order chi connectivity index (χ0) is 15.0. The van der Waals surface area contributed by atoms with Crippen LogP contribution in [0.4, 0.5) is 0 Å². The van der Waals surface area contributed by atoms with Crippen LogP contribution in [0.15, 0.2) is 24.3 Å². The molecule has 3 atom stereocenters. The average Bonchev–Trinajstić information content (AvgIpc) is 2.39. The average molecular weight is 287 g/mol. The van der Waals surface area contributed by atoms with E-state index in [4.69, 9.17) is 0 Å². The lowest BCUT2D eigenvalue weighted by Gasteiger charge is -2.41. The van der Waals surface area contributed by atoms with Crippen molar-refractivity contribution in [3.8, 4) is 0 Å². The van der Waals surface area contributed by atoms with E-state index in [1.165, 1.54) is 5.56 Å². The molecule has 2 aliphatic rings. The van der Waals surface area contributed by atoms with Gasteiger partial charge in [0.25, 0.3) is 0 Å². The van der Waals surface area contributed by atoms with Crippen LogP contribution in [0.1, 0.15) is 49.7 Å². The van der Waals surface area contributed by atoms with Crippen LogP contribution in [0.5, 0.6) is 0 Å². The first-order valence-electron chi connectivity index (χ1n) is 7.64. The molecule has 0 aromatic heterocycles. The number of rotatable bonds is 3. The lowest BCUT2D eigenvalue weighted by atomic mass is 9.72. The van der Waals surface area contributed by atoms with Gasteiger partial charge in [-0.15, -0.1) is 0 Å². The molecular formula is C17H21NO3. The van der Waals surface area contributed by atoms with Crippen molar-refractivity contribution in [2.24, 2.45) is 5.92 Å². The first-order chi connectivity index (χ1) is 10.0. The molecule has 3 unspecified atom stereocenters. The summed E-state index contributed by atoms with van der Waals surface area (Å²) >= 11 is 0. The lowest BCUT2D eigenvalue weighted by molar-refractivity contribution is -0.146. The summed E-state index contributed by atoms with van der Waals surface area (Å²) in [7, 11) is 0. The van der Waals surface area contributed by atoms with Gasteiger partial charge in [0.2, 0.25) is 5.91 Å². The van der Waals surface area contributed by atoms with Crippen LogP contribution in [-0.4, -0.2) is 22.5 Å². The Morgan fingerprint density at radius 1 is 1.29 bits per heavy atom. The zero-order valence-electron chi connectivity index (χ0n) is 12.3. The number of nitrogens with one attached hydrogen (secondary N) is 1. The molecule has 1 fully saturated rings. The molecule has 0 saturated heterocycles. The molecule has 4 nitrogen and oxygen atoms in total. The van der Waals surface area contributed by atoms with Gasteiger partial charge in [0.05, 0.1) is 17.4 Å². The van der Waals surface area contributed by atoms with Gasteiger partial charge in [-0.05, 0) is 37.3 Å². The van der Waals surface area contributed by atoms with Gasteiger partial charge in [-0.25, -0.2) is 0 Å². The molecular weight excluding hydrogens is 266 g/mol. The molecule has 2 aliphatic carbocycles. The van der Waals surface area contributed by atoms with Crippen molar-refractivity contribution in [2.75, 3.05) is 0 Å². The normalized spacial score (nSPS) is 30.9. The van der Waals surface area contributed by atoms with Gasteiger partial charge in [-0.2, -0.15) is 0 Å². The molecule has 0 bridgehead atoms. The summed E-state index contributed by atoms with van der Waals surface area (Å²) in [6.45, 7) is 1.88. The van der Waals surface area contributed by atoms with Gasteiger partial charge in [0, 0.05) is 0 Å². The summed E-state index contributed by atoms with van der Waals surface area (Å²) in [5.74, 6) is -1.42. The number of carbonyl (C=O) groups excluding carboxylic acids is 1. The van der Waals surface area contributed by atoms with Gasteiger partial charge >= 0.3 is 5.97 Å². The second-order valence-corrected chi connectivity index (χ2v) is 6.50. The highest BCUT2D eigenvalue weighted by Crippen LogP contribution is 2.38. The van der Waals surface area contributed by atoms with Crippen molar-refractivity contribution in [1.29, 1.82) is 0 Å². The molecule has 1 amide bonds. The van der Waals surface area contributed by atoms with Crippen molar-refractivity contribution in [2.45, 2.75) is 50.5 Å². The molecule has 112 valence electrons.